The maximum Gasteiger partial charge on any atom is 0.275 e. The van der Waals surface area contributed by atoms with Gasteiger partial charge in [-0.2, -0.15) is 0 Å². The van der Waals surface area contributed by atoms with Gasteiger partial charge in [0.05, 0.1) is 6.20 Å². The van der Waals surface area contributed by atoms with Gasteiger partial charge in [0.2, 0.25) is 0 Å². The standard InChI is InChI=1S/C14H16N4O/c1-18(2)10-11-5-3-4-6-12(11)17-14(19)13-9-15-7-8-16-13/h3-9H,10H2,1-2H3,(H,17,19). The lowest BCUT2D eigenvalue weighted by atomic mass is 10.1. The number of aromatic nitrogens is 2. The summed E-state index contributed by atoms with van der Waals surface area (Å²) in [6.07, 6.45) is 4.49. The van der Waals surface area contributed by atoms with Gasteiger partial charge in [0.1, 0.15) is 5.69 Å². The summed E-state index contributed by atoms with van der Waals surface area (Å²) in [4.78, 5) is 21.9. The molecule has 1 N–H and O–H groups in total. The van der Waals surface area contributed by atoms with Crippen LogP contribution in [0, 0.1) is 0 Å². The lowest BCUT2D eigenvalue weighted by Crippen LogP contribution is -2.17. The lowest BCUT2D eigenvalue weighted by molar-refractivity contribution is 0.102. The fourth-order valence-electron chi connectivity index (χ4n) is 1.72. The Hall–Kier alpha value is -2.27. The highest BCUT2D eigenvalue weighted by Gasteiger charge is 2.10. The number of nitrogens with zero attached hydrogens (tertiary/aromatic N) is 3. The third-order valence-electron chi connectivity index (χ3n) is 2.55. The van der Waals surface area contributed by atoms with Gasteiger partial charge in [0.15, 0.2) is 0 Å². The first-order valence-electron chi connectivity index (χ1n) is 5.97. The third-order valence-corrected chi connectivity index (χ3v) is 2.55. The van der Waals surface area contributed by atoms with E-state index >= 15 is 0 Å². The molecule has 0 saturated carbocycles. The number of para-hydroxylation sites is 1. The van der Waals surface area contributed by atoms with Crippen molar-refractivity contribution < 1.29 is 4.79 Å². The fraction of sp³-hybridized carbons (Fsp3) is 0.214. The lowest BCUT2D eigenvalue weighted by Gasteiger charge is -2.14. The van der Waals surface area contributed by atoms with E-state index in [-0.39, 0.29) is 5.91 Å². The highest BCUT2D eigenvalue weighted by Crippen LogP contribution is 2.16. The van der Waals surface area contributed by atoms with E-state index in [0.717, 1.165) is 17.8 Å². The number of carbonyl (C=O) groups excluding carboxylic acids is 1. The molecule has 0 fully saturated rings. The molecule has 98 valence electrons. The van der Waals surface area contributed by atoms with Gasteiger partial charge < -0.3 is 10.2 Å². The quantitative estimate of drug-likeness (QED) is 0.906. The number of rotatable bonds is 4. The molecule has 0 spiro atoms. The van der Waals surface area contributed by atoms with Crippen molar-refractivity contribution in [2.45, 2.75) is 6.54 Å². The number of nitrogens with one attached hydrogen (secondary N) is 1. The molecule has 5 heteroatoms. The van der Waals surface area contributed by atoms with Gasteiger partial charge in [-0.1, -0.05) is 18.2 Å². The van der Waals surface area contributed by atoms with Crippen LogP contribution in [0.4, 0.5) is 5.69 Å². The molecule has 1 heterocycles. The Kier molecular flexibility index (Phi) is 4.20. The van der Waals surface area contributed by atoms with Crippen LogP contribution in [0.5, 0.6) is 0 Å². The minimum atomic E-state index is -0.251. The molecule has 0 saturated heterocycles. The maximum atomic E-state index is 12.0. The van der Waals surface area contributed by atoms with Gasteiger partial charge in [-0.15, -0.1) is 0 Å². The molecule has 2 aromatic rings. The summed E-state index contributed by atoms with van der Waals surface area (Å²) in [5.74, 6) is -0.251. The molecule has 19 heavy (non-hydrogen) atoms. The molecule has 0 radical (unpaired) electrons. The molecule has 1 aromatic carbocycles. The van der Waals surface area contributed by atoms with Crippen molar-refractivity contribution in [1.82, 2.24) is 14.9 Å². The molecule has 0 unspecified atom stereocenters. The molecular formula is C14H16N4O. The van der Waals surface area contributed by atoms with Crippen molar-refractivity contribution in [3.8, 4) is 0 Å². The number of hydrogen-bond acceptors (Lipinski definition) is 4. The Morgan fingerprint density at radius 1 is 1.26 bits per heavy atom. The molecule has 1 aromatic heterocycles. The second kappa shape index (κ2) is 6.06. The Labute approximate surface area is 112 Å². The predicted molar refractivity (Wildman–Crippen MR) is 73.8 cm³/mol. The smallest absolute Gasteiger partial charge is 0.275 e. The molecule has 2 rings (SSSR count). The number of carbonyl (C=O) groups is 1. The monoisotopic (exact) mass is 256 g/mol. The van der Waals surface area contributed by atoms with Crippen LogP contribution in [0.1, 0.15) is 16.1 Å². The van der Waals surface area contributed by atoms with Gasteiger partial charge in [-0.05, 0) is 25.7 Å². The van der Waals surface area contributed by atoms with E-state index in [4.69, 9.17) is 0 Å². The van der Waals surface area contributed by atoms with Crippen molar-refractivity contribution in [1.29, 1.82) is 0 Å². The Morgan fingerprint density at radius 3 is 2.74 bits per heavy atom. The molecule has 0 atom stereocenters. The Morgan fingerprint density at radius 2 is 2.05 bits per heavy atom. The fourth-order valence-corrected chi connectivity index (χ4v) is 1.72. The van der Waals surface area contributed by atoms with Crippen molar-refractivity contribution in [2.75, 3.05) is 19.4 Å². The number of amides is 1. The summed E-state index contributed by atoms with van der Waals surface area (Å²) in [5.41, 5.74) is 2.17. The van der Waals surface area contributed by atoms with E-state index in [1.54, 1.807) is 0 Å². The molecule has 0 bridgehead atoms. The van der Waals surface area contributed by atoms with Gasteiger partial charge in [-0.25, -0.2) is 4.98 Å². The summed E-state index contributed by atoms with van der Waals surface area (Å²) in [5, 5.41) is 2.86. The summed E-state index contributed by atoms with van der Waals surface area (Å²) >= 11 is 0. The number of hydrogen-bond donors (Lipinski definition) is 1. The largest absolute Gasteiger partial charge is 0.320 e. The minimum Gasteiger partial charge on any atom is -0.320 e. The maximum absolute atomic E-state index is 12.0. The van der Waals surface area contributed by atoms with E-state index < -0.39 is 0 Å². The molecule has 0 aliphatic heterocycles. The highest BCUT2D eigenvalue weighted by atomic mass is 16.1. The van der Waals surface area contributed by atoms with Crippen molar-refractivity contribution >= 4 is 11.6 Å². The van der Waals surface area contributed by atoms with Crippen LogP contribution in [-0.2, 0) is 6.54 Å². The Balaban J connectivity index is 2.17. The van der Waals surface area contributed by atoms with Crippen molar-refractivity contribution in [2.24, 2.45) is 0 Å². The minimum absolute atomic E-state index is 0.251. The van der Waals surface area contributed by atoms with Gasteiger partial charge in [0, 0.05) is 24.6 Å². The summed E-state index contributed by atoms with van der Waals surface area (Å²) in [7, 11) is 3.97. The van der Waals surface area contributed by atoms with Gasteiger partial charge >= 0.3 is 0 Å². The highest BCUT2D eigenvalue weighted by molar-refractivity contribution is 6.03. The van der Waals surface area contributed by atoms with Crippen LogP contribution in [0.2, 0.25) is 0 Å². The average Bonchev–Trinajstić information content (AvgIpc) is 2.41. The average molecular weight is 256 g/mol. The summed E-state index contributed by atoms with van der Waals surface area (Å²) in [6.45, 7) is 0.761. The second-order valence-corrected chi connectivity index (χ2v) is 4.44. The zero-order chi connectivity index (χ0) is 13.7. The van der Waals surface area contributed by atoms with Crippen LogP contribution < -0.4 is 5.32 Å². The van der Waals surface area contributed by atoms with Crippen molar-refractivity contribution in [3.05, 3.63) is 54.1 Å². The molecule has 0 aliphatic carbocycles. The first kappa shape index (κ1) is 13.2. The third kappa shape index (κ3) is 3.59. The second-order valence-electron chi connectivity index (χ2n) is 4.44. The number of benzene rings is 1. The van der Waals surface area contributed by atoms with E-state index in [2.05, 4.69) is 15.3 Å². The summed E-state index contributed by atoms with van der Waals surface area (Å²) < 4.78 is 0. The molecule has 1 amide bonds. The first-order chi connectivity index (χ1) is 9.16. The molecule has 0 aliphatic rings. The van der Waals surface area contributed by atoms with Crippen LogP contribution in [0.15, 0.2) is 42.9 Å². The first-order valence-corrected chi connectivity index (χ1v) is 5.97. The van der Waals surface area contributed by atoms with E-state index in [9.17, 15) is 4.79 Å². The van der Waals surface area contributed by atoms with Crippen LogP contribution in [0.3, 0.4) is 0 Å². The Bertz CT molecular complexity index is 554. The van der Waals surface area contributed by atoms with Crippen LogP contribution in [-0.4, -0.2) is 34.9 Å². The van der Waals surface area contributed by atoms with Crippen LogP contribution in [0.25, 0.3) is 0 Å². The van der Waals surface area contributed by atoms with Crippen molar-refractivity contribution in [3.63, 3.8) is 0 Å². The zero-order valence-electron chi connectivity index (χ0n) is 11.0. The SMILES string of the molecule is CN(C)Cc1ccccc1NC(=O)c1cnccn1. The topological polar surface area (TPSA) is 58.1 Å². The predicted octanol–water partition coefficient (Wildman–Crippen LogP) is 1.79. The van der Waals surface area contributed by atoms with Crippen LogP contribution >= 0.6 is 0 Å². The molecule has 5 nitrogen and oxygen atoms in total. The normalized spacial score (nSPS) is 10.5. The van der Waals surface area contributed by atoms with E-state index in [1.807, 2.05) is 43.3 Å². The van der Waals surface area contributed by atoms with E-state index in [0.29, 0.717) is 5.69 Å². The zero-order valence-corrected chi connectivity index (χ0v) is 11.0. The van der Waals surface area contributed by atoms with E-state index in [1.165, 1.54) is 18.6 Å². The number of anilines is 1. The summed E-state index contributed by atoms with van der Waals surface area (Å²) in [6, 6.07) is 7.72. The van der Waals surface area contributed by atoms with Gasteiger partial charge in [-0.3, -0.25) is 9.78 Å². The van der Waals surface area contributed by atoms with Gasteiger partial charge in [0.25, 0.3) is 5.91 Å². The molecular weight excluding hydrogens is 240 g/mol.